The second kappa shape index (κ2) is 7.59. The van der Waals surface area contributed by atoms with Crippen LogP contribution in [0.25, 0.3) is 0 Å². The van der Waals surface area contributed by atoms with E-state index in [-0.39, 0.29) is 12.1 Å². The fraction of sp³-hybridized carbons (Fsp3) is 0.938. The van der Waals surface area contributed by atoms with Crippen molar-refractivity contribution in [1.82, 2.24) is 18.4 Å². The molecule has 0 atom stereocenters. The number of carbonyl (C=O) groups excluding carboxylic acids is 1. The number of amides is 1. The lowest BCUT2D eigenvalue weighted by Crippen LogP contribution is -2.65. The van der Waals surface area contributed by atoms with Crippen molar-refractivity contribution in [1.29, 1.82) is 0 Å². The smallest absolute Gasteiger partial charge is 0.410 e. The average molecular weight is 391 g/mol. The minimum atomic E-state index is -3.39. The highest BCUT2D eigenvalue weighted by Crippen LogP contribution is 2.21. The van der Waals surface area contributed by atoms with Gasteiger partial charge in [0.1, 0.15) is 5.60 Å². The summed E-state index contributed by atoms with van der Waals surface area (Å²) in [5.74, 6) is 0. The van der Waals surface area contributed by atoms with Gasteiger partial charge in [-0.05, 0) is 20.8 Å². The fourth-order valence-electron chi connectivity index (χ4n) is 3.40. The van der Waals surface area contributed by atoms with Crippen LogP contribution in [0.4, 0.5) is 4.79 Å². The first kappa shape index (κ1) is 19.8. The summed E-state index contributed by atoms with van der Waals surface area (Å²) in [6, 6.07) is 0.288. The molecule has 0 bridgehead atoms. The largest absolute Gasteiger partial charge is 0.444 e. The highest BCUT2D eigenvalue weighted by atomic mass is 32.2. The minimum Gasteiger partial charge on any atom is -0.444 e. The Morgan fingerprint density at radius 2 is 1.50 bits per heavy atom. The van der Waals surface area contributed by atoms with Gasteiger partial charge in [0.2, 0.25) is 0 Å². The van der Waals surface area contributed by atoms with Gasteiger partial charge in [-0.3, -0.25) is 4.90 Å². The number of carbonyl (C=O) groups is 1. The average Bonchev–Trinajstić information content (AvgIpc) is 2.53. The monoisotopic (exact) mass is 390 g/mol. The number of ether oxygens (including phenoxy) is 2. The van der Waals surface area contributed by atoms with Crippen molar-refractivity contribution in [3.05, 3.63) is 0 Å². The molecule has 0 aromatic heterocycles. The van der Waals surface area contributed by atoms with Gasteiger partial charge in [-0.1, -0.05) is 0 Å². The second-order valence-corrected chi connectivity index (χ2v) is 9.92. The van der Waals surface area contributed by atoms with E-state index in [0.29, 0.717) is 65.6 Å². The van der Waals surface area contributed by atoms with E-state index in [9.17, 15) is 13.2 Å². The SMILES string of the molecule is CC(C)(C)OC(=O)N1CC(N2CCN(S(=O)(=O)N3CCOCC3)CC2)C1. The van der Waals surface area contributed by atoms with Crippen molar-refractivity contribution in [2.24, 2.45) is 0 Å². The molecule has 3 saturated heterocycles. The maximum absolute atomic E-state index is 12.7. The molecule has 26 heavy (non-hydrogen) atoms. The molecule has 0 aromatic carbocycles. The molecule has 150 valence electrons. The van der Waals surface area contributed by atoms with Crippen molar-refractivity contribution in [3.63, 3.8) is 0 Å². The van der Waals surface area contributed by atoms with Gasteiger partial charge in [0.15, 0.2) is 0 Å². The van der Waals surface area contributed by atoms with E-state index >= 15 is 0 Å². The van der Waals surface area contributed by atoms with E-state index in [2.05, 4.69) is 4.90 Å². The van der Waals surface area contributed by atoms with Crippen LogP contribution in [0.3, 0.4) is 0 Å². The summed E-state index contributed by atoms with van der Waals surface area (Å²) in [5.41, 5.74) is -0.484. The number of nitrogens with zero attached hydrogens (tertiary/aromatic N) is 4. The third-order valence-corrected chi connectivity index (χ3v) is 6.96. The Bertz CT molecular complexity index is 601. The van der Waals surface area contributed by atoms with E-state index < -0.39 is 15.8 Å². The Kier molecular flexibility index (Phi) is 5.78. The van der Waals surface area contributed by atoms with E-state index in [4.69, 9.17) is 9.47 Å². The predicted octanol–water partition coefficient (Wildman–Crippen LogP) is -0.200. The van der Waals surface area contributed by atoms with Gasteiger partial charge in [-0.2, -0.15) is 17.0 Å². The highest BCUT2D eigenvalue weighted by Gasteiger charge is 2.40. The lowest BCUT2D eigenvalue weighted by molar-refractivity contribution is -0.0208. The molecule has 0 spiro atoms. The van der Waals surface area contributed by atoms with Gasteiger partial charge in [0, 0.05) is 58.4 Å². The van der Waals surface area contributed by atoms with Crippen LogP contribution in [0.2, 0.25) is 0 Å². The van der Waals surface area contributed by atoms with Gasteiger partial charge in [-0.15, -0.1) is 0 Å². The van der Waals surface area contributed by atoms with Crippen molar-refractivity contribution in [2.75, 3.05) is 65.6 Å². The maximum atomic E-state index is 12.7. The van der Waals surface area contributed by atoms with Gasteiger partial charge in [-0.25, -0.2) is 4.79 Å². The van der Waals surface area contributed by atoms with Gasteiger partial charge in [0.05, 0.1) is 13.2 Å². The zero-order chi connectivity index (χ0) is 18.9. The molecular formula is C16H30N4O5S. The first-order valence-electron chi connectivity index (χ1n) is 9.22. The molecule has 0 N–H and O–H groups in total. The Balaban J connectivity index is 1.44. The van der Waals surface area contributed by atoms with Crippen LogP contribution in [0.5, 0.6) is 0 Å². The molecule has 3 aliphatic heterocycles. The molecule has 3 rings (SSSR count). The molecule has 0 saturated carbocycles. The summed E-state index contributed by atoms with van der Waals surface area (Å²) in [7, 11) is -3.39. The Morgan fingerprint density at radius 3 is 2.04 bits per heavy atom. The Hall–Kier alpha value is -0.940. The number of morpholine rings is 1. The molecule has 10 heteroatoms. The molecular weight excluding hydrogens is 360 g/mol. The summed E-state index contributed by atoms with van der Waals surface area (Å²) in [4.78, 5) is 16.0. The topological polar surface area (TPSA) is 82.6 Å². The van der Waals surface area contributed by atoms with Gasteiger partial charge < -0.3 is 14.4 Å². The summed E-state index contributed by atoms with van der Waals surface area (Å²) < 4.78 is 39.1. The van der Waals surface area contributed by atoms with Crippen LogP contribution in [0.1, 0.15) is 20.8 Å². The van der Waals surface area contributed by atoms with Crippen LogP contribution in [-0.2, 0) is 19.7 Å². The molecule has 3 fully saturated rings. The van der Waals surface area contributed by atoms with E-state index in [1.807, 2.05) is 20.8 Å². The maximum Gasteiger partial charge on any atom is 0.410 e. The summed E-state index contributed by atoms with van der Waals surface area (Å²) in [6.45, 7) is 11.0. The van der Waals surface area contributed by atoms with E-state index in [0.717, 1.165) is 0 Å². The lowest BCUT2D eigenvalue weighted by atomic mass is 10.1. The minimum absolute atomic E-state index is 0.276. The molecule has 1 amide bonds. The zero-order valence-corrected chi connectivity index (χ0v) is 16.7. The summed E-state index contributed by atoms with van der Waals surface area (Å²) in [6.07, 6.45) is -0.276. The number of piperazine rings is 1. The predicted molar refractivity (Wildman–Crippen MR) is 96.1 cm³/mol. The van der Waals surface area contributed by atoms with Crippen molar-refractivity contribution >= 4 is 16.3 Å². The molecule has 0 aliphatic carbocycles. The molecule has 3 aliphatic rings. The summed E-state index contributed by atoms with van der Waals surface area (Å²) >= 11 is 0. The van der Waals surface area contributed by atoms with E-state index in [1.165, 1.54) is 4.31 Å². The van der Waals surface area contributed by atoms with E-state index in [1.54, 1.807) is 9.21 Å². The molecule has 0 aromatic rings. The Labute approximate surface area is 156 Å². The first-order valence-corrected chi connectivity index (χ1v) is 10.6. The van der Waals surface area contributed by atoms with Crippen LogP contribution >= 0.6 is 0 Å². The van der Waals surface area contributed by atoms with Crippen LogP contribution in [-0.4, -0.2) is 110 Å². The van der Waals surface area contributed by atoms with Gasteiger partial charge >= 0.3 is 6.09 Å². The zero-order valence-electron chi connectivity index (χ0n) is 15.9. The highest BCUT2D eigenvalue weighted by molar-refractivity contribution is 7.86. The number of hydrogen-bond acceptors (Lipinski definition) is 6. The van der Waals surface area contributed by atoms with Crippen LogP contribution in [0, 0.1) is 0 Å². The molecule has 0 radical (unpaired) electrons. The van der Waals surface area contributed by atoms with Crippen LogP contribution in [0.15, 0.2) is 0 Å². The molecule has 9 nitrogen and oxygen atoms in total. The van der Waals surface area contributed by atoms with Crippen molar-refractivity contribution in [2.45, 2.75) is 32.4 Å². The lowest BCUT2D eigenvalue weighted by Gasteiger charge is -2.48. The molecule has 0 unspecified atom stereocenters. The Morgan fingerprint density at radius 1 is 0.962 bits per heavy atom. The first-order chi connectivity index (χ1) is 12.2. The van der Waals surface area contributed by atoms with Crippen molar-refractivity contribution < 1.29 is 22.7 Å². The number of hydrogen-bond donors (Lipinski definition) is 0. The number of rotatable bonds is 3. The quantitative estimate of drug-likeness (QED) is 0.664. The standard InChI is InChI=1S/C16H30N4O5S/c1-16(2,3)25-15(21)18-12-14(13-18)17-4-6-19(7-5-17)26(22,23)20-8-10-24-11-9-20/h14H,4-13H2,1-3H3. The summed E-state index contributed by atoms with van der Waals surface area (Å²) in [5, 5.41) is 0. The fourth-order valence-corrected chi connectivity index (χ4v) is 4.96. The third kappa shape index (κ3) is 4.48. The second-order valence-electron chi connectivity index (χ2n) is 7.99. The molecule has 3 heterocycles. The number of likely N-dealkylation sites (tertiary alicyclic amines) is 1. The van der Waals surface area contributed by atoms with Crippen molar-refractivity contribution in [3.8, 4) is 0 Å². The van der Waals surface area contributed by atoms with Gasteiger partial charge in [0.25, 0.3) is 10.2 Å². The third-order valence-electron chi connectivity index (χ3n) is 4.93. The van der Waals surface area contributed by atoms with Crippen LogP contribution < -0.4 is 0 Å². The normalized spacial score (nSPS) is 25.1.